The number of benzene rings is 1. The van der Waals surface area contributed by atoms with E-state index in [0.717, 1.165) is 6.42 Å². The third-order valence-corrected chi connectivity index (χ3v) is 4.36. The van der Waals surface area contributed by atoms with Crippen LogP contribution in [0.1, 0.15) is 25.8 Å². The van der Waals surface area contributed by atoms with Crippen molar-refractivity contribution in [2.75, 3.05) is 0 Å². The van der Waals surface area contributed by atoms with Crippen molar-refractivity contribution in [2.24, 2.45) is 0 Å². The zero-order valence-corrected chi connectivity index (χ0v) is 12.1. The number of ketones is 1. The number of carbonyl (C=O) groups excluding carboxylic acids is 2. The van der Waals surface area contributed by atoms with Gasteiger partial charge in [-0.25, -0.2) is 0 Å². The smallest absolute Gasteiger partial charge is 0.197 e. The molecule has 1 aliphatic heterocycles. The van der Waals surface area contributed by atoms with Crippen LogP contribution in [0, 0.1) is 0 Å². The second kappa shape index (κ2) is 6.35. The van der Waals surface area contributed by atoms with Gasteiger partial charge in [-0.2, -0.15) is 0 Å². The largest absolute Gasteiger partial charge is 0.310 e. The average Bonchev–Trinajstić information content (AvgIpc) is 2.68. The minimum Gasteiger partial charge on any atom is -0.310 e. The van der Waals surface area contributed by atoms with E-state index in [4.69, 9.17) is 0 Å². The Bertz CT molecular complexity index is 458. The number of hydrogen-bond acceptors (Lipinski definition) is 4. The van der Waals surface area contributed by atoms with Crippen molar-refractivity contribution in [1.29, 1.82) is 0 Å². The highest BCUT2D eigenvalue weighted by Gasteiger charge is 2.37. The Morgan fingerprint density at radius 1 is 1.26 bits per heavy atom. The van der Waals surface area contributed by atoms with Crippen molar-refractivity contribution in [3.63, 3.8) is 0 Å². The fourth-order valence-corrected chi connectivity index (χ4v) is 3.41. The molecule has 0 aliphatic carbocycles. The lowest BCUT2D eigenvalue weighted by Crippen LogP contribution is -2.45. The van der Waals surface area contributed by atoms with Gasteiger partial charge in [-0.3, -0.25) is 9.59 Å². The van der Waals surface area contributed by atoms with Crippen LogP contribution in [-0.2, 0) is 16.0 Å². The molecule has 0 amide bonds. The number of thioether (sulfide) groups is 1. The molecule has 102 valence electrons. The van der Waals surface area contributed by atoms with Crippen LogP contribution in [0.15, 0.2) is 30.3 Å². The average molecular weight is 277 g/mol. The second-order valence-electron chi connectivity index (χ2n) is 5.17. The monoisotopic (exact) mass is 277 g/mol. The first-order valence-electron chi connectivity index (χ1n) is 6.58. The lowest BCUT2D eigenvalue weighted by atomic mass is 9.99. The van der Waals surface area contributed by atoms with Gasteiger partial charge in [0.15, 0.2) is 10.9 Å². The van der Waals surface area contributed by atoms with Crippen LogP contribution in [0.4, 0.5) is 0 Å². The highest BCUT2D eigenvalue weighted by molar-refractivity contribution is 8.15. The molecule has 0 aromatic heterocycles. The summed E-state index contributed by atoms with van der Waals surface area (Å²) in [5.41, 5.74) is 1.19. The first kappa shape index (κ1) is 14.3. The molecule has 4 heteroatoms. The van der Waals surface area contributed by atoms with Crippen LogP contribution in [0.25, 0.3) is 0 Å². The van der Waals surface area contributed by atoms with Gasteiger partial charge < -0.3 is 5.32 Å². The minimum atomic E-state index is -0.241. The maximum Gasteiger partial charge on any atom is 0.197 e. The topological polar surface area (TPSA) is 46.2 Å². The van der Waals surface area contributed by atoms with E-state index in [2.05, 4.69) is 31.3 Å². The van der Waals surface area contributed by atoms with E-state index >= 15 is 0 Å². The molecule has 0 spiro atoms. The molecule has 2 rings (SSSR count). The standard InChI is InChI=1S/C15H19NO2S/c1-10(2)16-12(8-11-6-4-3-5-7-11)15-13(17)9-14(18)19-15/h3-7,10,12,15-16H,8-9H2,1-2H3/t12-,15?/m0/s1. The summed E-state index contributed by atoms with van der Waals surface area (Å²) in [6.45, 7) is 4.12. The number of Topliss-reactive ketones (excluding diaryl/α,β-unsaturated/α-hetero) is 1. The van der Waals surface area contributed by atoms with Crippen LogP contribution in [0.5, 0.6) is 0 Å². The van der Waals surface area contributed by atoms with Crippen LogP contribution in [0.2, 0.25) is 0 Å². The highest BCUT2D eigenvalue weighted by atomic mass is 32.2. The first-order chi connectivity index (χ1) is 9.06. The summed E-state index contributed by atoms with van der Waals surface area (Å²) in [4.78, 5) is 23.3. The second-order valence-corrected chi connectivity index (χ2v) is 6.37. The summed E-state index contributed by atoms with van der Waals surface area (Å²) in [6, 6.07) is 10.4. The summed E-state index contributed by atoms with van der Waals surface area (Å²) < 4.78 is 0. The Hall–Kier alpha value is -1.13. The van der Waals surface area contributed by atoms with E-state index < -0.39 is 0 Å². The molecule has 1 heterocycles. The van der Waals surface area contributed by atoms with Crippen LogP contribution >= 0.6 is 11.8 Å². The Morgan fingerprint density at radius 3 is 2.47 bits per heavy atom. The van der Waals surface area contributed by atoms with E-state index in [1.165, 1.54) is 17.3 Å². The van der Waals surface area contributed by atoms with Gasteiger partial charge in [0, 0.05) is 12.1 Å². The molecule has 1 N–H and O–H groups in total. The zero-order valence-electron chi connectivity index (χ0n) is 11.3. The molecule has 3 nitrogen and oxygen atoms in total. The number of rotatable bonds is 5. The molecule has 2 atom stereocenters. The fraction of sp³-hybridized carbons (Fsp3) is 0.467. The van der Waals surface area contributed by atoms with Crippen LogP contribution < -0.4 is 5.32 Å². The van der Waals surface area contributed by atoms with E-state index in [1.807, 2.05) is 18.2 Å². The molecule has 1 fully saturated rings. The molecule has 19 heavy (non-hydrogen) atoms. The van der Waals surface area contributed by atoms with Gasteiger partial charge in [-0.05, 0) is 12.0 Å². The van der Waals surface area contributed by atoms with Crippen molar-refractivity contribution in [3.8, 4) is 0 Å². The van der Waals surface area contributed by atoms with Gasteiger partial charge in [0.25, 0.3) is 0 Å². The van der Waals surface area contributed by atoms with Gasteiger partial charge >= 0.3 is 0 Å². The number of hydrogen-bond donors (Lipinski definition) is 1. The molecular formula is C15H19NO2S. The highest BCUT2D eigenvalue weighted by Crippen LogP contribution is 2.29. The van der Waals surface area contributed by atoms with Crippen molar-refractivity contribution in [2.45, 2.75) is 44.0 Å². The summed E-state index contributed by atoms with van der Waals surface area (Å²) in [5.74, 6) is 0.0593. The molecule has 1 unspecified atom stereocenters. The maximum atomic E-state index is 11.9. The lowest BCUT2D eigenvalue weighted by Gasteiger charge is -2.25. The Balaban J connectivity index is 2.12. The van der Waals surface area contributed by atoms with Crippen molar-refractivity contribution < 1.29 is 9.59 Å². The third kappa shape index (κ3) is 3.91. The zero-order chi connectivity index (χ0) is 13.8. The predicted octanol–water partition coefficient (Wildman–Crippen LogP) is 2.20. The molecule has 0 radical (unpaired) electrons. The van der Waals surface area contributed by atoms with E-state index in [0.29, 0.717) is 0 Å². The van der Waals surface area contributed by atoms with Gasteiger partial charge in [0.05, 0.1) is 11.7 Å². The van der Waals surface area contributed by atoms with E-state index in [-0.39, 0.29) is 34.7 Å². The lowest BCUT2D eigenvalue weighted by molar-refractivity contribution is -0.121. The Morgan fingerprint density at radius 2 is 1.95 bits per heavy atom. The number of carbonyl (C=O) groups is 2. The summed E-state index contributed by atoms with van der Waals surface area (Å²) in [7, 11) is 0. The van der Waals surface area contributed by atoms with Gasteiger partial charge in [0.2, 0.25) is 0 Å². The molecule has 1 aromatic rings. The van der Waals surface area contributed by atoms with Gasteiger partial charge in [-0.1, -0.05) is 55.9 Å². The SMILES string of the molecule is CC(C)N[C@@H](Cc1ccccc1)C1SC(=O)CC1=O. The number of nitrogens with one attached hydrogen (secondary N) is 1. The van der Waals surface area contributed by atoms with Crippen molar-refractivity contribution in [1.82, 2.24) is 5.32 Å². The Labute approximate surface area is 118 Å². The third-order valence-electron chi connectivity index (χ3n) is 3.11. The molecule has 1 aromatic carbocycles. The molecule has 0 bridgehead atoms. The first-order valence-corrected chi connectivity index (χ1v) is 7.46. The summed E-state index contributed by atoms with van der Waals surface area (Å²) >= 11 is 1.19. The van der Waals surface area contributed by atoms with Gasteiger partial charge in [-0.15, -0.1) is 0 Å². The maximum absolute atomic E-state index is 11.9. The van der Waals surface area contributed by atoms with Crippen molar-refractivity contribution >= 4 is 22.7 Å². The quantitative estimate of drug-likeness (QED) is 0.838. The molecule has 1 aliphatic rings. The van der Waals surface area contributed by atoms with E-state index in [1.54, 1.807) is 0 Å². The normalized spacial score (nSPS) is 21.1. The van der Waals surface area contributed by atoms with Gasteiger partial charge in [0.1, 0.15) is 0 Å². The Kier molecular flexibility index (Phi) is 4.77. The summed E-state index contributed by atoms with van der Waals surface area (Å²) in [5, 5.41) is 3.19. The predicted molar refractivity (Wildman–Crippen MR) is 78.2 cm³/mol. The fourth-order valence-electron chi connectivity index (χ4n) is 2.35. The molecular weight excluding hydrogens is 258 g/mol. The molecule has 1 saturated heterocycles. The van der Waals surface area contributed by atoms with Crippen LogP contribution in [-0.4, -0.2) is 28.2 Å². The van der Waals surface area contributed by atoms with Crippen molar-refractivity contribution in [3.05, 3.63) is 35.9 Å². The summed E-state index contributed by atoms with van der Waals surface area (Å²) in [6.07, 6.45) is 0.857. The van der Waals surface area contributed by atoms with E-state index in [9.17, 15) is 9.59 Å². The van der Waals surface area contributed by atoms with Crippen LogP contribution in [0.3, 0.4) is 0 Å². The minimum absolute atomic E-state index is 0.00128. The molecule has 0 saturated carbocycles.